The molecule has 3 heteroatoms. The summed E-state index contributed by atoms with van der Waals surface area (Å²) in [5.41, 5.74) is 0. The molecule has 0 bridgehead atoms. The highest BCUT2D eigenvalue weighted by Gasteiger charge is 1.86. The van der Waals surface area contributed by atoms with Crippen molar-refractivity contribution in [1.29, 1.82) is 0 Å². The average Bonchev–Trinajstić information content (AvgIpc) is 1.94. The van der Waals surface area contributed by atoms with Crippen LogP contribution >= 0.6 is 12.2 Å². The van der Waals surface area contributed by atoms with Gasteiger partial charge < -0.3 is 10.6 Å². The number of hydrogen-bond donors (Lipinski definition) is 2. The summed E-state index contributed by atoms with van der Waals surface area (Å²) in [6.45, 7) is 0. The van der Waals surface area contributed by atoms with E-state index in [1.165, 1.54) is 0 Å². The van der Waals surface area contributed by atoms with Crippen LogP contribution in [0.1, 0.15) is 0 Å². The summed E-state index contributed by atoms with van der Waals surface area (Å²) in [5.74, 6) is 0. The first-order valence-corrected chi connectivity index (χ1v) is 2.69. The Morgan fingerprint density at radius 3 is 2.12 bits per heavy atom. The van der Waals surface area contributed by atoms with Crippen LogP contribution in [0.2, 0.25) is 0 Å². The van der Waals surface area contributed by atoms with Gasteiger partial charge in [0.25, 0.3) is 0 Å². The molecular weight excluding hydrogens is 120 g/mol. The van der Waals surface area contributed by atoms with Gasteiger partial charge >= 0.3 is 0 Å². The van der Waals surface area contributed by atoms with Gasteiger partial charge in [-0.15, -0.1) is 0 Å². The molecule has 0 spiro atoms. The maximum absolute atomic E-state index is 4.77. The highest BCUT2D eigenvalue weighted by Crippen LogP contribution is 1.78. The van der Waals surface area contributed by atoms with Crippen LogP contribution in [-0.2, 0) is 0 Å². The second kappa shape index (κ2) is 2.47. The molecule has 0 unspecified atom stereocenters. The smallest absolute Gasteiger partial charge is 0.174 e. The van der Waals surface area contributed by atoms with Gasteiger partial charge in [0, 0.05) is 12.4 Å². The largest absolute Gasteiger partial charge is 0.339 e. The molecule has 2 N–H and O–H groups in total. The zero-order valence-corrected chi connectivity index (χ0v) is 5.03. The standard InChI is InChI=1S/C5H6N2S/c8-5-6-3-1-2-4-7-5/h1-4H,(H2,6,7,8). The SMILES string of the molecule is S=C1NC=CC=CN1. The first kappa shape index (κ1) is 5.31. The minimum absolute atomic E-state index is 0.634. The summed E-state index contributed by atoms with van der Waals surface area (Å²) in [5, 5.41) is 6.28. The molecule has 1 rings (SSSR count). The number of nitrogens with one attached hydrogen (secondary N) is 2. The molecule has 1 aliphatic heterocycles. The van der Waals surface area contributed by atoms with Gasteiger partial charge in [0.2, 0.25) is 0 Å². The topological polar surface area (TPSA) is 24.1 Å². The minimum Gasteiger partial charge on any atom is -0.339 e. The fourth-order valence-corrected chi connectivity index (χ4v) is 0.536. The van der Waals surface area contributed by atoms with Crippen LogP contribution in [0.4, 0.5) is 0 Å². The number of thiocarbonyl (C=S) groups is 1. The van der Waals surface area contributed by atoms with Crippen LogP contribution in [0.25, 0.3) is 0 Å². The van der Waals surface area contributed by atoms with Crippen molar-refractivity contribution in [3.05, 3.63) is 24.6 Å². The van der Waals surface area contributed by atoms with E-state index in [0.29, 0.717) is 5.11 Å². The Morgan fingerprint density at radius 1 is 1.12 bits per heavy atom. The lowest BCUT2D eigenvalue weighted by atomic mass is 10.6. The lowest BCUT2D eigenvalue weighted by molar-refractivity contribution is 1.18. The first-order chi connectivity index (χ1) is 3.89. The van der Waals surface area contributed by atoms with Crippen molar-refractivity contribution in [3.8, 4) is 0 Å². The maximum Gasteiger partial charge on any atom is 0.174 e. The van der Waals surface area contributed by atoms with Crippen molar-refractivity contribution in [2.75, 3.05) is 0 Å². The van der Waals surface area contributed by atoms with Crippen molar-refractivity contribution in [3.63, 3.8) is 0 Å². The second-order valence-electron chi connectivity index (χ2n) is 1.34. The van der Waals surface area contributed by atoms with E-state index in [2.05, 4.69) is 10.6 Å². The third-order valence-corrected chi connectivity index (χ3v) is 0.968. The second-order valence-corrected chi connectivity index (χ2v) is 1.74. The van der Waals surface area contributed by atoms with E-state index < -0.39 is 0 Å². The predicted molar refractivity (Wildman–Crippen MR) is 37.1 cm³/mol. The molecule has 0 aromatic carbocycles. The Labute approximate surface area is 53.3 Å². The van der Waals surface area contributed by atoms with Gasteiger partial charge in [-0.1, -0.05) is 0 Å². The van der Waals surface area contributed by atoms with Crippen molar-refractivity contribution in [1.82, 2.24) is 10.6 Å². The molecule has 0 radical (unpaired) electrons. The van der Waals surface area contributed by atoms with Crippen molar-refractivity contribution < 1.29 is 0 Å². The molecular formula is C5H6N2S. The fraction of sp³-hybridized carbons (Fsp3) is 0. The van der Waals surface area contributed by atoms with Gasteiger partial charge in [0.15, 0.2) is 5.11 Å². The quantitative estimate of drug-likeness (QED) is 0.462. The van der Waals surface area contributed by atoms with Crippen LogP contribution in [0.15, 0.2) is 24.6 Å². The molecule has 1 aliphatic rings. The van der Waals surface area contributed by atoms with Crippen molar-refractivity contribution >= 4 is 17.3 Å². The van der Waals surface area contributed by atoms with E-state index in [9.17, 15) is 0 Å². The number of hydrogen-bond acceptors (Lipinski definition) is 1. The van der Waals surface area contributed by atoms with E-state index >= 15 is 0 Å². The van der Waals surface area contributed by atoms with E-state index in [0.717, 1.165) is 0 Å². The summed E-state index contributed by atoms with van der Waals surface area (Å²) in [4.78, 5) is 0. The predicted octanol–water partition coefficient (Wildman–Crippen LogP) is 0.491. The van der Waals surface area contributed by atoms with Gasteiger partial charge in [-0.2, -0.15) is 0 Å². The minimum atomic E-state index is 0.634. The van der Waals surface area contributed by atoms with E-state index in [1.54, 1.807) is 12.4 Å². The molecule has 0 aliphatic carbocycles. The molecule has 0 aromatic rings. The van der Waals surface area contributed by atoms with E-state index in [1.807, 2.05) is 12.2 Å². The van der Waals surface area contributed by atoms with Crippen LogP contribution < -0.4 is 10.6 Å². The maximum atomic E-state index is 4.77. The summed E-state index contributed by atoms with van der Waals surface area (Å²) in [6.07, 6.45) is 7.29. The third-order valence-electron chi connectivity index (χ3n) is 0.732. The van der Waals surface area contributed by atoms with Gasteiger partial charge in [0.05, 0.1) is 0 Å². The normalized spacial score (nSPS) is 16.8. The highest BCUT2D eigenvalue weighted by molar-refractivity contribution is 7.80. The Kier molecular flexibility index (Phi) is 1.64. The molecule has 0 saturated carbocycles. The van der Waals surface area contributed by atoms with Crippen LogP contribution in [-0.4, -0.2) is 5.11 Å². The lowest BCUT2D eigenvalue weighted by Crippen LogP contribution is -2.26. The van der Waals surface area contributed by atoms with Crippen molar-refractivity contribution in [2.24, 2.45) is 0 Å². The van der Waals surface area contributed by atoms with Crippen LogP contribution in [0.3, 0.4) is 0 Å². The fourth-order valence-electron chi connectivity index (χ4n) is 0.400. The molecule has 8 heavy (non-hydrogen) atoms. The van der Waals surface area contributed by atoms with Crippen molar-refractivity contribution in [2.45, 2.75) is 0 Å². The lowest BCUT2D eigenvalue weighted by Gasteiger charge is -1.96. The zero-order chi connectivity index (χ0) is 5.82. The van der Waals surface area contributed by atoms with E-state index in [-0.39, 0.29) is 0 Å². The van der Waals surface area contributed by atoms with Gasteiger partial charge in [-0.3, -0.25) is 0 Å². The Morgan fingerprint density at radius 2 is 1.62 bits per heavy atom. The summed E-state index contributed by atoms with van der Waals surface area (Å²) >= 11 is 4.77. The zero-order valence-electron chi connectivity index (χ0n) is 4.22. The molecule has 0 amide bonds. The third kappa shape index (κ3) is 1.35. The summed E-state index contributed by atoms with van der Waals surface area (Å²) in [7, 11) is 0. The van der Waals surface area contributed by atoms with Gasteiger partial charge in [0.1, 0.15) is 0 Å². The number of allylic oxidation sites excluding steroid dienone is 2. The monoisotopic (exact) mass is 126 g/mol. The molecule has 2 nitrogen and oxygen atoms in total. The van der Waals surface area contributed by atoms with E-state index in [4.69, 9.17) is 12.2 Å². The average molecular weight is 126 g/mol. The number of rotatable bonds is 0. The Bertz CT molecular complexity index is 133. The molecule has 0 saturated heterocycles. The Hall–Kier alpha value is -0.830. The van der Waals surface area contributed by atoms with Gasteiger partial charge in [-0.25, -0.2) is 0 Å². The summed E-state index contributed by atoms with van der Waals surface area (Å²) in [6, 6.07) is 0. The Balaban J connectivity index is 2.58. The summed E-state index contributed by atoms with van der Waals surface area (Å²) < 4.78 is 0. The molecule has 0 aromatic heterocycles. The first-order valence-electron chi connectivity index (χ1n) is 2.28. The molecule has 42 valence electrons. The molecule has 0 fully saturated rings. The molecule has 1 heterocycles. The van der Waals surface area contributed by atoms with Gasteiger partial charge in [-0.05, 0) is 24.4 Å². The van der Waals surface area contributed by atoms with Crippen LogP contribution in [0, 0.1) is 0 Å². The highest BCUT2D eigenvalue weighted by atomic mass is 32.1. The van der Waals surface area contributed by atoms with Crippen LogP contribution in [0.5, 0.6) is 0 Å². The molecule has 0 atom stereocenters.